The van der Waals surface area contributed by atoms with Crippen molar-refractivity contribution in [3.63, 3.8) is 0 Å². The van der Waals surface area contributed by atoms with Crippen molar-refractivity contribution in [3.8, 4) is 5.75 Å². The first-order chi connectivity index (χ1) is 13.0. The molecule has 0 aliphatic rings. The van der Waals surface area contributed by atoms with Gasteiger partial charge in [0.1, 0.15) is 5.75 Å². The summed E-state index contributed by atoms with van der Waals surface area (Å²) in [6.45, 7) is 1.35. The molecule has 0 saturated heterocycles. The van der Waals surface area contributed by atoms with E-state index in [1.54, 1.807) is 0 Å². The van der Waals surface area contributed by atoms with E-state index in [1.807, 2.05) is 0 Å². The molecule has 0 bridgehead atoms. The van der Waals surface area contributed by atoms with E-state index in [1.165, 1.54) is 67.4 Å². The van der Waals surface area contributed by atoms with Gasteiger partial charge in [-0.15, -0.1) is 13.2 Å². The average molecular weight is 416 g/mol. The lowest BCUT2D eigenvalue weighted by Crippen LogP contribution is -2.27. The summed E-state index contributed by atoms with van der Waals surface area (Å²) in [4.78, 5) is 13.8. The summed E-state index contributed by atoms with van der Waals surface area (Å²) in [6.07, 6.45) is -4.84. The Hall–Kier alpha value is -2.75. The number of anilines is 1. The van der Waals surface area contributed by atoms with Gasteiger partial charge in [-0.05, 0) is 31.2 Å². The number of alkyl halides is 3. The van der Waals surface area contributed by atoms with Crippen molar-refractivity contribution >= 4 is 21.6 Å². The molecule has 0 saturated carbocycles. The molecule has 10 heteroatoms. The Balaban J connectivity index is 2.18. The zero-order valence-corrected chi connectivity index (χ0v) is 16.0. The van der Waals surface area contributed by atoms with Crippen LogP contribution < -0.4 is 9.46 Å². The summed E-state index contributed by atoms with van der Waals surface area (Å²) in [7, 11) is -2.08. The lowest BCUT2D eigenvalue weighted by Gasteiger charge is -2.20. The lowest BCUT2D eigenvalue weighted by molar-refractivity contribution is -0.275. The summed E-state index contributed by atoms with van der Waals surface area (Å²) in [5, 5.41) is 0. The first-order valence-corrected chi connectivity index (χ1v) is 9.85. The van der Waals surface area contributed by atoms with Crippen LogP contribution in [0.3, 0.4) is 0 Å². The van der Waals surface area contributed by atoms with Gasteiger partial charge in [-0.25, -0.2) is 8.42 Å². The highest BCUT2D eigenvalue weighted by molar-refractivity contribution is 7.92. The largest absolute Gasteiger partial charge is 0.573 e. The van der Waals surface area contributed by atoms with Crippen LogP contribution in [0.15, 0.2) is 48.5 Å². The maximum absolute atomic E-state index is 12.6. The lowest BCUT2D eigenvalue weighted by atomic mass is 10.1. The number of nitrogens with zero attached hydrogens (tertiary/aromatic N) is 1. The number of para-hydroxylation sites is 1. The number of benzene rings is 2. The molecule has 1 amide bonds. The SMILES string of the molecule is CCS(=O)(=O)Nc1cccc(C(=O)N(C)Cc2ccccc2OC(F)(F)F)c1. The summed E-state index contributed by atoms with van der Waals surface area (Å²) >= 11 is 0. The Labute approximate surface area is 161 Å². The fraction of sp³-hybridized carbons (Fsp3) is 0.278. The summed E-state index contributed by atoms with van der Waals surface area (Å²) in [5.74, 6) is -1.00. The van der Waals surface area contributed by atoms with Crippen molar-refractivity contribution in [2.75, 3.05) is 17.5 Å². The molecule has 0 spiro atoms. The molecule has 2 rings (SSSR count). The van der Waals surface area contributed by atoms with E-state index < -0.39 is 22.3 Å². The quantitative estimate of drug-likeness (QED) is 0.748. The van der Waals surface area contributed by atoms with Gasteiger partial charge in [0.25, 0.3) is 5.91 Å². The van der Waals surface area contributed by atoms with Crippen molar-refractivity contribution in [3.05, 3.63) is 59.7 Å². The van der Waals surface area contributed by atoms with Gasteiger partial charge in [0.15, 0.2) is 0 Å². The predicted octanol–water partition coefficient (Wildman–Crippen LogP) is 3.62. The van der Waals surface area contributed by atoms with Gasteiger partial charge in [-0.2, -0.15) is 0 Å². The predicted molar refractivity (Wildman–Crippen MR) is 98.4 cm³/mol. The van der Waals surface area contributed by atoms with E-state index in [2.05, 4.69) is 9.46 Å². The van der Waals surface area contributed by atoms with Crippen molar-refractivity contribution in [1.82, 2.24) is 4.90 Å². The van der Waals surface area contributed by atoms with E-state index in [9.17, 15) is 26.4 Å². The first-order valence-electron chi connectivity index (χ1n) is 8.20. The molecule has 0 aliphatic heterocycles. The molecule has 0 aromatic heterocycles. The first kappa shape index (κ1) is 21.5. The van der Waals surface area contributed by atoms with Crippen molar-refractivity contribution in [2.24, 2.45) is 0 Å². The molecule has 0 heterocycles. The van der Waals surface area contributed by atoms with Crippen molar-refractivity contribution in [2.45, 2.75) is 19.8 Å². The third-order valence-electron chi connectivity index (χ3n) is 3.72. The van der Waals surface area contributed by atoms with Crippen LogP contribution in [0.2, 0.25) is 0 Å². The maximum Gasteiger partial charge on any atom is 0.573 e. The normalized spacial score (nSPS) is 11.8. The molecule has 1 N–H and O–H groups in total. The Bertz CT molecular complexity index is 946. The standard InChI is InChI=1S/C18H19F3N2O4S/c1-3-28(25,26)22-15-9-6-8-13(11-15)17(24)23(2)12-14-7-4-5-10-16(14)27-18(19,20)21/h4-11,22H,3,12H2,1-2H3. The molecule has 0 radical (unpaired) electrons. The number of sulfonamides is 1. The van der Waals surface area contributed by atoms with E-state index >= 15 is 0 Å². The number of nitrogens with one attached hydrogen (secondary N) is 1. The number of halogens is 3. The van der Waals surface area contributed by atoms with Gasteiger partial charge in [-0.1, -0.05) is 24.3 Å². The Morgan fingerprint density at radius 1 is 1.14 bits per heavy atom. The Morgan fingerprint density at radius 2 is 1.82 bits per heavy atom. The average Bonchev–Trinajstić information content (AvgIpc) is 2.61. The number of hydrogen-bond acceptors (Lipinski definition) is 4. The van der Waals surface area contributed by atoms with Crippen LogP contribution in [-0.2, 0) is 16.6 Å². The number of amides is 1. The minimum absolute atomic E-state index is 0.124. The monoisotopic (exact) mass is 416 g/mol. The van der Waals surface area contributed by atoms with Crippen LogP contribution in [0.4, 0.5) is 18.9 Å². The smallest absolute Gasteiger partial charge is 0.405 e. The number of carbonyl (C=O) groups is 1. The molecular formula is C18H19F3N2O4S. The minimum Gasteiger partial charge on any atom is -0.405 e. The summed E-state index contributed by atoms with van der Waals surface area (Å²) in [6, 6.07) is 11.4. The second kappa shape index (κ2) is 8.51. The molecule has 0 fully saturated rings. The highest BCUT2D eigenvalue weighted by Crippen LogP contribution is 2.27. The van der Waals surface area contributed by atoms with Crippen LogP contribution >= 0.6 is 0 Å². The Morgan fingerprint density at radius 3 is 2.46 bits per heavy atom. The molecular weight excluding hydrogens is 397 g/mol. The molecule has 0 aliphatic carbocycles. The van der Waals surface area contributed by atoms with E-state index in [-0.39, 0.29) is 34.9 Å². The topological polar surface area (TPSA) is 75.7 Å². The van der Waals surface area contributed by atoms with Crippen LogP contribution in [-0.4, -0.2) is 38.4 Å². The molecule has 2 aromatic rings. The molecule has 28 heavy (non-hydrogen) atoms. The van der Waals surface area contributed by atoms with Gasteiger partial charge in [0, 0.05) is 30.4 Å². The van der Waals surface area contributed by atoms with Gasteiger partial charge >= 0.3 is 6.36 Å². The zero-order valence-electron chi connectivity index (χ0n) is 15.2. The second-order valence-corrected chi connectivity index (χ2v) is 7.91. The van der Waals surface area contributed by atoms with Crippen molar-refractivity contribution in [1.29, 1.82) is 0 Å². The maximum atomic E-state index is 12.6. The number of ether oxygens (including phenoxy) is 1. The van der Waals surface area contributed by atoms with Crippen LogP contribution in [0.5, 0.6) is 5.75 Å². The molecule has 2 aromatic carbocycles. The second-order valence-electron chi connectivity index (χ2n) is 5.90. The van der Waals surface area contributed by atoms with Crippen LogP contribution in [0.1, 0.15) is 22.8 Å². The zero-order chi connectivity index (χ0) is 20.9. The van der Waals surface area contributed by atoms with E-state index in [0.717, 1.165) is 0 Å². The third-order valence-corrected chi connectivity index (χ3v) is 5.02. The van der Waals surface area contributed by atoms with Crippen LogP contribution in [0.25, 0.3) is 0 Å². The molecule has 6 nitrogen and oxygen atoms in total. The summed E-state index contributed by atoms with van der Waals surface area (Å²) < 4.78 is 67.3. The van der Waals surface area contributed by atoms with Gasteiger partial charge in [-0.3, -0.25) is 9.52 Å². The fourth-order valence-corrected chi connectivity index (χ4v) is 3.00. The van der Waals surface area contributed by atoms with Gasteiger partial charge in [0.05, 0.1) is 5.75 Å². The summed E-state index contributed by atoms with van der Waals surface area (Å²) in [5.41, 5.74) is 0.591. The molecule has 0 atom stereocenters. The fourth-order valence-electron chi connectivity index (χ4n) is 2.37. The number of carbonyl (C=O) groups excluding carboxylic acids is 1. The van der Waals surface area contributed by atoms with Crippen LogP contribution in [0, 0.1) is 0 Å². The van der Waals surface area contributed by atoms with E-state index in [0.29, 0.717) is 0 Å². The van der Waals surface area contributed by atoms with E-state index in [4.69, 9.17) is 0 Å². The minimum atomic E-state index is -4.84. The van der Waals surface area contributed by atoms with Gasteiger partial charge < -0.3 is 9.64 Å². The Kier molecular flexibility index (Phi) is 6.55. The van der Waals surface area contributed by atoms with Crippen molar-refractivity contribution < 1.29 is 31.1 Å². The number of hydrogen-bond donors (Lipinski definition) is 1. The van der Waals surface area contributed by atoms with Gasteiger partial charge in [0.2, 0.25) is 10.0 Å². The highest BCUT2D eigenvalue weighted by Gasteiger charge is 2.32. The third kappa shape index (κ3) is 6.15. The molecule has 152 valence electrons. The highest BCUT2D eigenvalue weighted by atomic mass is 32.2. The number of rotatable bonds is 7. The molecule has 0 unspecified atom stereocenters.